The van der Waals surface area contributed by atoms with E-state index in [4.69, 9.17) is 10.5 Å². The van der Waals surface area contributed by atoms with E-state index >= 15 is 0 Å². The van der Waals surface area contributed by atoms with Crippen LogP contribution in [0, 0.1) is 11.7 Å². The van der Waals surface area contributed by atoms with Gasteiger partial charge >= 0.3 is 0 Å². The molecule has 2 atom stereocenters. The zero-order valence-corrected chi connectivity index (χ0v) is 11.9. The lowest BCUT2D eigenvalue weighted by Crippen LogP contribution is -2.35. The molecule has 0 heterocycles. The summed E-state index contributed by atoms with van der Waals surface area (Å²) in [5.41, 5.74) is 6.48. The normalized spacial score (nSPS) is 23.1. The first kappa shape index (κ1) is 15.0. The summed E-state index contributed by atoms with van der Waals surface area (Å²) in [5.74, 6) is -0.347. The quantitative estimate of drug-likeness (QED) is 0.862. The number of ketones is 1. The van der Waals surface area contributed by atoms with Crippen molar-refractivity contribution in [2.75, 3.05) is 7.11 Å². The molecule has 2 N–H and O–H groups in total. The third-order valence-electron chi connectivity index (χ3n) is 4.11. The van der Waals surface area contributed by atoms with Gasteiger partial charge in [0.25, 0.3) is 0 Å². The summed E-state index contributed by atoms with van der Waals surface area (Å²) < 4.78 is 19.0. The van der Waals surface area contributed by atoms with Gasteiger partial charge in [0.05, 0.1) is 7.11 Å². The van der Waals surface area contributed by atoms with Crippen molar-refractivity contribution in [1.82, 2.24) is 0 Å². The molecule has 0 saturated heterocycles. The van der Waals surface area contributed by atoms with Gasteiger partial charge in [0.15, 0.2) is 11.6 Å². The average Bonchev–Trinajstić information content (AvgIpc) is 2.65. The van der Waals surface area contributed by atoms with Crippen LogP contribution in [0.15, 0.2) is 18.2 Å². The second kappa shape index (κ2) is 6.84. The van der Waals surface area contributed by atoms with Crippen molar-refractivity contribution in [2.24, 2.45) is 11.7 Å². The molecule has 2 unspecified atom stereocenters. The van der Waals surface area contributed by atoms with E-state index in [0.29, 0.717) is 5.56 Å². The van der Waals surface area contributed by atoms with Crippen LogP contribution in [0.5, 0.6) is 5.75 Å². The molecule has 0 aliphatic heterocycles. The van der Waals surface area contributed by atoms with Crippen LogP contribution in [0.2, 0.25) is 0 Å². The Morgan fingerprint density at radius 3 is 2.85 bits per heavy atom. The number of carbonyl (C=O) groups is 1. The van der Waals surface area contributed by atoms with Gasteiger partial charge in [-0.3, -0.25) is 4.79 Å². The number of nitrogens with two attached hydrogens (primary N) is 1. The highest BCUT2D eigenvalue weighted by Crippen LogP contribution is 2.26. The monoisotopic (exact) mass is 279 g/mol. The SMILES string of the molecule is COc1cccc(CC(=O)C2CCCCCC2N)c1F. The number of Topliss-reactive ketones (excluding diaryl/α,β-unsaturated/α-hetero) is 1. The summed E-state index contributed by atoms with van der Waals surface area (Å²) in [6, 6.07) is 4.81. The van der Waals surface area contributed by atoms with Crippen molar-refractivity contribution in [3.63, 3.8) is 0 Å². The molecule has 1 aliphatic rings. The second-order valence-corrected chi connectivity index (χ2v) is 5.48. The molecule has 0 radical (unpaired) electrons. The first-order valence-corrected chi connectivity index (χ1v) is 7.23. The van der Waals surface area contributed by atoms with Gasteiger partial charge in [-0.1, -0.05) is 31.4 Å². The Morgan fingerprint density at radius 1 is 1.35 bits per heavy atom. The summed E-state index contributed by atoms with van der Waals surface area (Å²) in [4.78, 5) is 12.4. The molecule has 1 aliphatic carbocycles. The molecule has 0 spiro atoms. The fraction of sp³-hybridized carbons (Fsp3) is 0.562. The Kier molecular flexibility index (Phi) is 5.12. The van der Waals surface area contributed by atoms with E-state index in [-0.39, 0.29) is 29.9 Å². The minimum absolute atomic E-state index is 0.0477. The highest BCUT2D eigenvalue weighted by atomic mass is 19.1. The Morgan fingerprint density at radius 2 is 2.10 bits per heavy atom. The third-order valence-corrected chi connectivity index (χ3v) is 4.11. The van der Waals surface area contributed by atoms with E-state index in [0.717, 1.165) is 32.1 Å². The van der Waals surface area contributed by atoms with Gasteiger partial charge in [-0.05, 0) is 24.5 Å². The lowest BCUT2D eigenvalue weighted by molar-refractivity contribution is -0.123. The molecule has 0 amide bonds. The summed E-state index contributed by atoms with van der Waals surface area (Å²) in [6.45, 7) is 0. The van der Waals surface area contributed by atoms with Crippen LogP contribution in [0.25, 0.3) is 0 Å². The van der Waals surface area contributed by atoms with Crippen molar-refractivity contribution in [1.29, 1.82) is 0 Å². The average molecular weight is 279 g/mol. The number of carbonyl (C=O) groups excluding carboxylic acids is 1. The van der Waals surface area contributed by atoms with Crippen molar-refractivity contribution in [3.05, 3.63) is 29.6 Å². The Balaban J connectivity index is 2.10. The fourth-order valence-corrected chi connectivity index (χ4v) is 2.91. The Labute approximate surface area is 119 Å². The molecule has 20 heavy (non-hydrogen) atoms. The molecule has 110 valence electrons. The van der Waals surface area contributed by atoms with E-state index in [1.54, 1.807) is 18.2 Å². The van der Waals surface area contributed by atoms with Gasteiger partial charge < -0.3 is 10.5 Å². The number of hydrogen-bond acceptors (Lipinski definition) is 3. The first-order valence-electron chi connectivity index (χ1n) is 7.23. The van der Waals surface area contributed by atoms with Crippen LogP contribution in [-0.2, 0) is 11.2 Å². The number of benzene rings is 1. The molecule has 1 fully saturated rings. The standard InChI is InChI=1S/C16H22FNO2/c1-20-15-9-5-6-11(16(15)17)10-14(19)12-7-3-2-4-8-13(12)18/h5-6,9,12-13H,2-4,7-8,10,18H2,1H3. The van der Waals surface area contributed by atoms with E-state index in [1.165, 1.54) is 7.11 Å². The minimum atomic E-state index is -0.439. The van der Waals surface area contributed by atoms with Gasteiger partial charge in [-0.25, -0.2) is 4.39 Å². The number of rotatable bonds is 4. The summed E-state index contributed by atoms with van der Waals surface area (Å²) in [5, 5.41) is 0. The summed E-state index contributed by atoms with van der Waals surface area (Å²) >= 11 is 0. The zero-order chi connectivity index (χ0) is 14.5. The zero-order valence-electron chi connectivity index (χ0n) is 11.9. The molecule has 2 rings (SSSR count). The second-order valence-electron chi connectivity index (χ2n) is 5.48. The molecular formula is C16H22FNO2. The van der Waals surface area contributed by atoms with Crippen LogP contribution >= 0.6 is 0 Å². The maximum atomic E-state index is 14.1. The van der Waals surface area contributed by atoms with Gasteiger partial charge in [-0.2, -0.15) is 0 Å². The number of hydrogen-bond donors (Lipinski definition) is 1. The molecule has 1 saturated carbocycles. The predicted octanol–water partition coefficient (Wildman–Crippen LogP) is 2.85. The summed E-state index contributed by atoms with van der Waals surface area (Å²) in [7, 11) is 1.42. The molecular weight excluding hydrogens is 257 g/mol. The predicted molar refractivity (Wildman–Crippen MR) is 76.2 cm³/mol. The minimum Gasteiger partial charge on any atom is -0.494 e. The van der Waals surface area contributed by atoms with Gasteiger partial charge in [0.1, 0.15) is 5.78 Å². The molecule has 0 bridgehead atoms. The topological polar surface area (TPSA) is 52.3 Å². The fourth-order valence-electron chi connectivity index (χ4n) is 2.91. The van der Waals surface area contributed by atoms with Crippen LogP contribution in [0.4, 0.5) is 4.39 Å². The van der Waals surface area contributed by atoms with E-state index in [9.17, 15) is 9.18 Å². The molecule has 1 aromatic rings. The number of halogens is 1. The van der Waals surface area contributed by atoms with E-state index in [1.807, 2.05) is 0 Å². The highest BCUT2D eigenvalue weighted by molar-refractivity contribution is 5.84. The lowest BCUT2D eigenvalue weighted by Gasteiger charge is -2.20. The van der Waals surface area contributed by atoms with Crippen molar-refractivity contribution in [3.8, 4) is 5.75 Å². The molecule has 4 heteroatoms. The van der Waals surface area contributed by atoms with Gasteiger partial charge in [0, 0.05) is 18.4 Å². The van der Waals surface area contributed by atoms with Crippen molar-refractivity contribution in [2.45, 2.75) is 44.6 Å². The number of methoxy groups -OCH3 is 1. The van der Waals surface area contributed by atoms with Crippen molar-refractivity contribution >= 4 is 5.78 Å². The maximum Gasteiger partial charge on any atom is 0.168 e. The van der Waals surface area contributed by atoms with Crippen LogP contribution in [0.1, 0.15) is 37.7 Å². The van der Waals surface area contributed by atoms with E-state index < -0.39 is 5.82 Å². The van der Waals surface area contributed by atoms with Crippen molar-refractivity contribution < 1.29 is 13.9 Å². The highest BCUT2D eigenvalue weighted by Gasteiger charge is 2.27. The smallest absolute Gasteiger partial charge is 0.168 e. The molecule has 0 aromatic heterocycles. The first-order chi connectivity index (χ1) is 9.63. The van der Waals surface area contributed by atoms with Gasteiger partial charge in [0.2, 0.25) is 0 Å². The lowest BCUT2D eigenvalue weighted by atomic mass is 9.88. The maximum absolute atomic E-state index is 14.1. The Hall–Kier alpha value is -1.42. The summed E-state index contributed by atoms with van der Waals surface area (Å²) in [6.07, 6.45) is 5.05. The third kappa shape index (κ3) is 3.37. The van der Waals surface area contributed by atoms with Crippen LogP contribution in [0.3, 0.4) is 0 Å². The largest absolute Gasteiger partial charge is 0.494 e. The van der Waals surface area contributed by atoms with Gasteiger partial charge in [-0.15, -0.1) is 0 Å². The molecule has 3 nitrogen and oxygen atoms in total. The van der Waals surface area contributed by atoms with Crippen LogP contribution < -0.4 is 10.5 Å². The Bertz CT molecular complexity index is 476. The van der Waals surface area contributed by atoms with E-state index in [2.05, 4.69) is 0 Å². The number of ether oxygens (including phenoxy) is 1. The molecule has 1 aromatic carbocycles. The van der Waals surface area contributed by atoms with Crippen LogP contribution in [-0.4, -0.2) is 18.9 Å².